The predicted molar refractivity (Wildman–Crippen MR) is 77.5 cm³/mol. The molecule has 3 nitrogen and oxygen atoms in total. The molecule has 1 atom stereocenters. The minimum Gasteiger partial charge on any atom is -0.245 e. The maximum Gasteiger partial charge on any atom is 0.428 e. The third-order valence-electron chi connectivity index (χ3n) is 3.68. The molecule has 1 aliphatic heterocycles. The van der Waals surface area contributed by atoms with Gasteiger partial charge in [-0.05, 0) is 25.5 Å². The summed E-state index contributed by atoms with van der Waals surface area (Å²) in [5.41, 5.74) is 0.910. The summed E-state index contributed by atoms with van der Waals surface area (Å²) in [6.07, 6.45) is -2.81. The minimum absolute atomic E-state index is 0.222. The fourth-order valence-corrected chi connectivity index (χ4v) is 2.51. The number of amidine groups is 1. The Morgan fingerprint density at radius 2 is 1.95 bits per heavy atom. The Bertz CT molecular complexity index is 497. The van der Waals surface area contributed by atoms with Crippen LogP contribution in [0.5, 0.6) is 0 Å². The van der Waals surface area contributed by atoms with Gasteiger partial charge < -0.3 is 0 Å². The molecule has 0 fully saturated rings. The summed E-state index contributed by atoms with van der Waals surface area (Å²) in [5, 5.41) is 3.06. The minimum atomic E-state index is -4.24. The Kier molecular flexibility index (Phi) is 4.88. The van der Waals surface area contributed by atoms with Crippen molar-refractivity contribution in [3.63, 3.8) is 0 Å². The SMILES string of the molecule is CCCC1=[N+](C(C)C(F)(F)F)CNCN1c1ccccc1. The van der Waals surface area contributed by atoms with Crippen LogP contribution in [0.1, 0.15) is 26.7 Å². The average Bonchev–Trinajstić information content (AvgIpc) is 2.47. The normalized spacial score (nSPS) is 18.0. The van der Waals surface area contributed by atoms with Gasteiger partial charge in [-0.15, -0.1) is 0 Å². The predicted octanol–water partition coefficient (Wildman–Crippen LogP) is 3.17. The lowest BCUT2D eigenvalue weighted by atomic mass is 10.2. The lowest BCUT2D eigenvalue weighted by Crippen LogP contribution is -2.56. The number of rotatable bonds is 4. The van der Waals surface area contributed by atoms with Crippen LogP contribution in [0.25, 0.3) is 0 Å². The summed E-state index contributed by atoms with van der Waals surface area (Å²) in [7, 11) is 0. The van der Waals surface area contributed by atoms with Gasteiger partial charge in [-0.25, -0.2) is 14.8 Å². The van der Waals surface area contributed by atoms with Crippen LogP contribution in [0, 0.1) is 0 Å². The topological polar surface area (TPSA) is 18.3 Å². The molecule has 6 heteroatoms. The van der Waals surface area contributed by atoms with Gasteiger partial charge in [0.1, 0.15) is 19.0 Å². The third-order valence-corrected chi connectivity index (χ3v) is 3.68. The first-order valence-corrected chi connectivity index (χ1v) is 7.17. The monoisotopic (exact) mass is 300 g/mol. The first-order chi connectivity index (χ1) is 9.95. The second-order valence-electron chi connectivity index (χ2n) is 5.18. The van der Waals surface area contributed by atoms with Gasteiger partial charge in [0, 0.05) is 6.42 Å². The number of anilines is 1. The van der Waals surface area contributed by atoms with Crippen molar-refractivity contribution < 1.29 is 17.7 Å². The molecule has 1 unspecified atom stereocenters. The van der Waals surface area contributed by atoms with E-state index in [0.717, 1.165) is 17.9 Å². The van der Waals surface area contributed by atoms with E-state index >= 15 is 0 Å². The highest BCUT2D eigenvalue weighted by molar-refractivity contribution is 5.94. The Hall–Kier alpha value is -1.56. The summed E-state index contributed by atoms with van der Waals surface area (Å²) in [6.45, 7) is 3.94. The smallest absolute Gasteiger partial charge is 0.245 e. The summed E-state index contributed by atoms with van der Waals surface area (Å²) in [4.78, 5) is 1.93. The van der Waals surface area contributed by atoms with Crippen LogP contribution in [0.4, 0.5) is 18.9 Å². The van der Waals surface area contributed by atoms with Crippen LogP contribution in [-0.4, -0.2) is 36.0 Å². The van der Waals surface area contributed by atoms with E-state index < -0.39 is 12.2 Å². The molecule has 0 saturated heterocycles. The molecule has 1 aromatic carbocycles. The number of hydrogen-bond donors (Lipinski definition) is 1. The van der Waals surface area contributed by atoms with E-state index in [1.54, 1.807) is 0 Å². The number of para-hydroxylation sites is 1. The molecular formula is C15H21F3N3+. The van der Waals surface area contributed by atoms with Gasteiger partial charge in [-0.2, -0.15) is 13.2 Å². The van der Waals surface area contributed by atoms with Crippen molar-refractivity contribution >= 4 is 11.5 Å². The van der Waals surface area contributed by atoms with Crippen molar-refractivity contribution in [1.82, 2.24) is 5.32 Å². The van der Waals surface area contributed by atoms with E-state index in [1.165, 1.54) is 11.5 Å². The molecule has 0 amide bonds. The fraction of sp³-hybridized carbons (Fsp3) is 0.533. The standard InChI is InChI=1S/C15H21F3N3/c1-3-7-14-20(12(2)15(16,17)18)10-19-11-21(14)13-8-5-4-6-9-13/h4-6,8-9,12,19H,3,7,10-11H2,1-2H3/q+1. The molecule has 0 bridgehead atoms. The highest BCUT2D eigenvalue weighted by atomic mass is 19.4. The van der Waals surface area contributed by atoms with Crippen molar-refractivity contribution in [1.29, 1.82) is 0 Å². The largest absolute Gasteiger partial charge is 0.428 e. The van der Waals surface area contributed by atoms with Crippen LogP contribution < -0.4 is 10.2 Å². The van der Waals surface area contributed by atoms with Gasteiger partial charge in [-0.3, -0.25) is 0 Å². The Labute approximate surface area is 123 Å². The van der Waals surface area contributed by atoms with Crippen LogP contribution >= 0.6 is 0 Å². The highest BCUT2D eigenvalue weighted by Gasteiger charge is 2.44. The summed E-state index contributed by atoms with van der Waals surface area (Å²) in [6, 6.07) is 8.02. The first-order valence-electron chi connectivity index (χ1n) is 7.17. The molecule has 1 heterocycles. The van der Waals surface area contributed by atoms with Crippen LogP contribution in [-0.2, 0) is 0 Å². The molecule has 1 N–H and O–H groups in total. The number of hydrogen-bond acceptors (Lipinski definition) is 2. The number of alkyl halides is 3. The molecule has 2 rings (SSSR count). The maximum atomic E-state index is 13.1. The fourth-order valence-electron chi connectivity index (χ4n) is 2.51. The molecular weight excluding hydrogens is 279 g/mol. The molecule has 0 saturated carbocycles. The van der Waals surface area contributed by atoms with Gasteiger partial charge in [0.2, 0.25) is 0 Å². The van der Waals surface area contributed by atoms with E-state index in [-0.39, 0.29) is 6.67 Å². The van der Waals surface area contributed by atoms with Gasteiger partial charge >= 0.3 is 6.18 Å². The lowest BCUT2D eigenvalue weighted by Gasteiger charge is -2.30. The van der Waals surface area contributed by atoms with Gasteiger partial charge in [0.25, 0.3) is 5.84 Å². The van der Waals surface area contributed by atoms with Crippen LogP contribution in [0.15, 0.2) is 30.3 Å². The van der Waals surface area contributed by atoms with E-state index in [4.69, 9.17) is 0 Å². The Balaban J connectivity index is 2.42. The van der Waals surface area contributed by atoms with Gasteiger partial charge in [0.15, 0.2) is 6.04 Å². The van der Waals surface area contributed by atoms with Crippen molar-refractivity contribution in [3.05, 3.63) is 30.3 Å². The molecule has 0 aromatic heterocycles. The first kappa shape index (κ1) is 15.8. The Morgan fingerprint density at radius 3 is 2.52 bits per heavy atom. The van der Waals surface area contributed by atoms with Crippen molar-refractivity contribution in [3.8, 4) is 0 Å². The quantitative estimate of drug-likeness (QED) is 0.861. The van der Waals surface area contributed by atoms with Gasteiger partial charge in [-0.1, -0.05) is 25.1 Å². The second kappa shape index (κ2) is 6.47. The van der Waals surface area contributed by atoms with Crippen molar-refractivity contribution in [2.45, 2.75) is 38.9 Å². The van der Waals surface area contributed by atoms with Crippen molar-refractivity contribution in [2.75, 3.05) is 18.2 Å². The zero-order valence-corrected chi connectivity index (χ0v) is 12.3. The zero-order chi connectivity index (χ0) is 15.5. The van der Waals surface area contributed by atoms with Crippen LogP contribution in [0.3, 0.4) is 0 Å². The molecule has 0 aliphatic carbocycles. The molecule has 0 spiro atoms. The molecule has 1 aromatic rings. The highest BCUT2D eigenvalue weighted by Crippen LogP contribution is 2.25. The third kappa shape index (κ3) is 3.56. The summed E-state index contributed by atoms with van der Waals surface area (Å²) in [5.74, 6) is 0.729. The zero-order valence-electron chi connectivity index (χ0n) is 12.3. The van der Waals surface area contributed by atoms with E-state index in [9.17, 15) is 13.2 Å². The number of nitrogens with zero attached hydrogens (tertiary/aromatic N) is 2. The summed E-state index contributed by atoms with van der Waals surface area (Å²) >= 11 is 0. The van der Waals surface area contributed by atoms with E-state index in [1.807, 2.05) is 42.2 Å². The van der Waals surface area contributed by atoms with E-state index in [0.29, 0.717) is 13.1 Å². The molecule has 0 radical (unpaired) electrons. The molecule has 1 aliphatic rings. The molecule has 116 valence electrons. The number of halogens is 3. The lowest BCUT2D eigenvalue weighted by molar-refractivity contribution is -0.604. The second-order valence-corrected chi connectivity index (χ2v) is 5.18. The maximum absolute atomic E-state index is 13.1. The Morgan fingerprint density at radius 1 is 1.29 bits per heavy atom. The van der Waals surface area contributed by atoms with E-state index in [2.05, 4.69) is 5.32 Å². The molecule has 21 heavy (non-hydrogen) atoms. The summed E-state index contributed by atoms with van der Waals surface area (Å²) < 4.78 is 40.6. The van der Waals surface area contributed by atoms with Gasteiger partial charge in [0.05, 0.1) is 0 Å². The number of benzene rings is 1. The average molecular weight is 300 g/mol. The van der Waals surface area contributed by atoms with Crippen LogP contribution in [0.2, 0.25) is 0 Å². The van der Waals surface area contributed by atoms with Crippen molar-refractivity contribution in [2.24, 2.45) is 0 Å². The number of nitrogens with one attached hydrogen (secondary N) is 1.